The van der Waals surface area contributed by atoms with Crippen molar-refractivity contribution in [2.75, 3.05) is 6.61 Å². The summed E-state index contributed by atoms with van der Waals surface area (Å²) < 4.78 is 5.09. The van der Waals surface area contributed by atoms with Gasteiger partial charge in [0.25, 0.3) is 0 Å². The lowest BCUT2D eigenvalue weighted by Gasteiger charge is -2.18. The lowest BCUT2D eigenvalue weighted by molar-refractivity contribution is -0.149. The molecular weight excluding hydrogens is 214 g/mol. The van der Waals surface area contributed by atoms with Gasteiger partial charge < -0.3 is 4.74 Å². The molecule has 1 heterocycles. The zero-order valence-electron chi connectivity index (χ0n) is 10.8. The normalized spacial score (nSPS) is 12.5. The van der Waals surface area contributed by atoms with Gasteiger partial charge in [-0.15, -0.1) is 0 Å². The second kappa shape index (κ2) is 7.05. The Bertz CT molecular complexity index is 335. The zero-order valence-corrected chi connectivity index (χ0v) is 10.8. The Kier molecular flexibility index (Phi) is 5.67. The van der Waals surface area contributed by atoms with Crippen LogP contribution in [0.15, 0.2) is 24.4 Å². The van der Waals surface area contributed by atoms with Crippen LogP contribution < -0.4 is 0 Å². The standard InChI is InChI=1S/C14H21NO2/c1-4-17-14(16)13(11(2)3)9-8-12-7-5-6-10-15-12/h5-7,10-11,13H,4,8-9H2,1-3H3/t13-/m1/s1. The van der Waals surface area contributed by atoms with Crippen molar-refractivity contribution in [1.29, 1.82) is 0 Å². The molecule has 0 saturated carbocycles. The lowest BCUT2D eigenvalue weighted by atomic mass is 9.90. The molecule has 0 unspecified atom stereocenters. The summed E-state index contributed by atoms with van der Waals surface area (Å²) in [5, 5.41) is 0. The van der Waals surface area contributed by atoms with E-state index in [9.17, 15) is 4.79 Å². The third-order valence-corrected chi connectivity index (χ3v) is 2.83. The van der Waals surface area contributed by atoms with Gasteiger partial charge in [-0.1, -0.05) is 19.9 Å². The fraction of sp³-hybridized carbons (Fsp3) is 0.571. The maximum absolute atomic E-state index is 11.8. The molecule has 1 rings (SSSR count). The third-order valence-electron chi connectivity index (χ3n) is 2.83. The van der Waals surface area contributed by atoms with Gasteiger partial charge in [0.2, 0.25) is 0 Å². The van der Waals surface area contributed by atoms with E-state index in [1.165, 1.54) is 0 Å². The van der Waals surface area contributed by atoms with Crippen LogP contribution >= 0.6 is 0 Å². The topological polar surface area (TPSA) is 39.2 Å². The van der Waals surface area contributed by atoms with E-state index in [1.54, 1.807) is 6.20 Å². The van der Waals surface area contributed by atoms with Crippen molar-refractivity contribution >= 4 is 5.97 Å². The van der Waals surface area contributed by atoms with Gasteiger partial charge in [0, 0.05) is 11.9 Å². The fourth-order valence-electron chi connectivity index (χ4n) is 1.82. The molecule has 1 atom stereocenters. The van der Waals surface area contributed by atoms with Crippen molar-refractivity contribution in [3.05, 3.63) is 30.1 Å². The van der Waals surface area contributed by atoms with E-state index < -0.39 is 0 Å². The average Bonchev–Trinajstić information content (AvgIpc) is 2.30. The Labute approximate surface area is 103 Å². The summed E-state index contributed by atoms with van der Waals surface area (Å²) in [6.07, 6.45) is 3.40. The van der Waals surface area contributed by atoms with Crippen molar-refractivity contribution in [1.82, 2.24) is 4.98 Å². The molecule has 94 valence electrons. The van der Waals surface area contributed by atoms with E-state index >= 15 is 0 Å². The molecule has 0 amide bonds. The van der Waals surface area contributed by atoms with Crippen LogP contribution in [0.25, 0.3) is 0 Å². The second-order valence-electron chi connectivity index (χ2n) is 4.46. The molecule has 3 nitrogen and oxygen atoms in total. The molecule has 0 fully saturated rings. The summed E-state index contributed by atoms with van der Waals surface area (Å²) in [5.41, 5.74) is 1.03. The highest BCUT2D eigenvalue weighted by Gasteiger charge is 2.23. The highest BCUT2D eigenvalue weighted by molar-refractivity contribution is 5.72. The van der Waals surface area contributed by atoms with Gasteiger partial charge in [-0.05, 0) is 37.8 Å². The summed E-state index contributed by atoms with van der Waals surface area (Å²) >= 11 is 0. The number of esters is 1. The number of aromatic nitrogens is 1. The van der Waals surface area contributed by atoms with Gasteiger partial charge in [0.15, 0.2) is 0 Å². The summed E-state index contributed by atoms with van der Waals surface area (Å²) in [7, 11) is 0. The number of carbonyl (C=O) groups is 1. The van der Waals surface area contributed by atoms with Crippen molar-refractivity contribution < 1.29 is 9.53 Å². The average molecular weight is 235 g/mol. The molecule has 0 aliphatic rings. The molecule has 0 spiro atoms. The maximum Gasteiger partial charge on any atom is 0.309 e. The SMILES string of the molecule is CCOC(=O)[C@H](CCc1ccccn1)C(C)C. The van der Waals surface area contributed by atoms with Crippen LogP contribution in [0.4, 0.5) is 0 Å². The molecule has 0 bridgehead atoms. The first kappa shape index (κ1) is 13.7. The Morgan fingerprint density at radius 3 is 2.71 bits per heavy atom. The first-order chi connectivity index (χ1) is 8.15. The lowest BCUT2D eigenvalue weighted by Crippen LogP contribution is -2.23. The molecule has 0 saturated heterocycles. The van der Waals surface area contributed by atoms with Crippen molar-refractivity contribution in [2.45, 2.75) is 33.6 Å². The van der Waals surface area contributed by atoms with Gasteiger partial charge in [0.05, 0.1) is 12.5 Å². The molecule has 0 N–H and O–H groups in total. The minimum atomic E-state index is -0.0848. The molecule has 3 heteroatoms. The Morgan fingerprint density at radius 2 is 2.18 bits per heavy atom. The monoisotopic (exact) mass is 235 g/mol. The van der Waals surface area contributed by atoms with E-state index in [-0.39, 0.29) is 11.9 Å². The van der Waals surface area contributed by atoms with E-state index in [2.05, 4.69) is 18.8 Å². The Morgan fingerprint density at radius 1 is 1.41 bits per heavy atom. The van der Waals surface area contributed by atoms with Crippen molar-refractivity contribution in [3.63, 3.8) is 0 Å². The summed E-state index contributed by atoms with van der Waals surface area (Å²) in [4.78, 5) is 16.0. The van der Waals surface area contributed by atoms with Crippen molar-refractivity contribution in [3.8, 4) is 0 Å². The van der Waals surface area contributed by atoms with Crippen LogP contribution in [0.3, 0.4) is 0 Å². The van der Waals surface area contributed by atoms with E-state index in [4.69, 9.17) is 4.74 Å². The molecule has 1 aromatic rings. The van der Waals surface area contributed by atoms with E-state index in [0.29, 0.717) is 12.5 Å². The molecule has 0 aliphatic heterocycles. The third kappa shape index (κ3) is 4.55. The van der Waals surface area contributed by atoms with Gasteiger partial charge in [-0.2, -0.15) is 0 Å². The first-order valence-corrected chi connectivity index (χ1v) is 6.21. The number of aryl methyl sites for hydroxylation is 1. The number of carbonyl (C=O) groups excluding carboxylic acids is 1. The summed E-state index contributed by atoms with van der Waals surface area (Å²) in [6.45, 7) is 6.40. The Hall–Kier alpha value is -1.38. The predicted octanol–water partition coefficient (Wildman–Crippen LogP) is 2.85. The van der Waals surface area contributed by atoms with Gasteiger partial charge >= 0.3 is 5.97 Å². The summed E-state index contributed by atoms with van der Waals surface area (Å²) in [6, 6.07) is 5.86. The number of rotatable bonds is 6. The zero-order chi connectivity index (χ0) is 12.7. The number of ether oxygens (including phenoxy) is 1. The molecule has 0 aliphatic carbocycles. The highest BCUT2D eigenvalue weighted by Crippen LogP contribution is 2.19. The number of nitrogens with zero attached hydrogens (tertiary/aromatic N) is 1. The molecule has 0 aromatic carbocycles. The van der Waals surface area contributed by atoms with Crippen LogP contribution in [0.5, 0.6) is 0 Å². The van der Waals surface area contributed by atoms with Crippen LogP contribution in [-0.4, -0.2) is 17.6 Å². The molecule has 17 heavy (non-hydrogen) atoms. The fourth-order valence-corrected chi connectivity index (χ4v) is 1.82. The van der Waals surface area contributed by atoms with Gasteiger partial charge in [-0.25, -0.2) is 0 Å². The molecule has 1 aromatic heterocycles. The van der Waals surface area contributed by atoms with Crippen LogP contribution in [0.2, 0.25) is 0 Å². The predicted molar refractivity (Wildman–Crippen MR) is 67.5 cm³/mol. The van der Waals surface area contributed by atoms with Crippen LogP contribution in [0, 0.1) is 11.8 Å². The van der Waals surface area contributed by atoms with Crippen LogP contribution in [-0.2, 0) is 16.0 Å². The number of hydrogen-bond acceptors (Lipinski definition) is 3. The van der Waals surface area contributed by atoms with Crippen LogP contribution in [0.1, 0.15) is 32.9 Å². The maximum atomic E-state index is 11.8. The first-order valence-electron chi connectivity index (χ1n) is 6.21. The molecule has 0 radical (unpaired) electrons. The van der Waals surface area contributed by atoms with E-state index in [0.717, 1.165) is 18.5 Å². The second-order valence-corrected chi connectivity index (χ2v) is 4.46. The minimum Gasteiger partial charge on any atom is -0.466 e. The molecular formula is C14H21NO2. The summed E-state index contributed by atoms with van der Waals surface area (Å²) in [5.74, 6) is 0.188. The quantitative estimate of drug-likeness (QED) is 0.712. The number of pyridine rings is 1. The van der Waals surface area contributed by atoms with E-state index in [1.807, 2.05) is 25.1 Å². The smallest absolute Gasteiger partial charge is 0.309 e. The number of hydrogen-bond donors (Lipinski definition) is 0. The van der Waals surface area contributed by atoms with Gasteiger partial charge in [-0.3, -0.25) is 9.78 Å². The van der Waals surface area contributed by atoms with Gasteiger partial charge in [0.1, 0.15) is 0 Å². The van der Waals surface area contributed by atoms with Crippen molar-refractivity contribution in [2.24, 2.45) is 11.8 Å². The minimum absolute atomic E-state index is 0.0306. The highest BCUT2D eigenvalue weighted by atomic mass is 16.5. The largest absolute Gasteiger partial charge is 0.466 e. The Balaban J connectivity index is 2.53.